The van der Waals surface area contributed by atoms with Crippen molar-refractivity contribution in [2.75, 3.05) is 19.4 Å². The third kappa shape index (κ3) is 4.64. The minimum Gasteiger partial charge on any atom is -0.379 e. The first-order valence-electron chi connectivity index (χ1n) is 7.73. The first kappa shape index (κ1) is 22.2. The van der Waals surface area contributed by atoms with E-state index in [0.29, 0.717) is 0 Å². The van der Waals surface area contributed by atoms with Crippen molar-refractivity contribution in [3.63, 3.8) is 0 Å². The molecular formula is C17H16ClF3N2O4S. The van der Waals surface area contributed by atoms with Crippen LogP contribution in [0.5, 0.6) is 0 Å². The van der Waals surface area contributed by atoms with E-state index in [4.69, 9.17) is 11.6 Å². The number of rotatable bonds is 5. The summed E-state index contributed by atoms with van der Waals surface area (Å²) < 4.78 is 64.0. The Labute approximate surface area is 164 Å². The summed E-state index contributed by atoms with van der Waals surface area (Å²) in [6, 6.07) is 8.33. The molecule has 0 spiro atoms. The summed E-state index contributed by atoms with van der Waals surface area (Å²) in [5, 5.41) is 11.6. The van der Waals surface area contributed by atoms with Gasteiger partial charge in [-0.1, -0.05) is 29.8 Å². The van der Waals surface area contributed by atoms with Crippen molar-refractivity contribution in [3.8, 4) is 0 Å². The number of sulfonamides is 1. The molecular weight excluding hydrogens is 421 g/mol. The van der Waals surface area contributed by atoms with Crippen LogP contribution in [0.1, 0.15) is 22.0 Å². The maximum absolute atomic E-state index is 12.8. The van der Waals surface area contributed by atoms with Gasteiger partial charge in [-0.25, -0.2) is 12.7 Å². The second-order valence-corrected chi connectivity index (χ2v) is 8.45. The van der Waals surface area contributed by atoms with Gasteiger partial charge in [-0.05, 0) is 24.3 Å². The number of halogens is 4. The molecule has 0 bridgehead atoms. The van der Waals surface area contributed by atoms with Gasteiger partial charge in [0.2, 0.25) is 10.0 Å². The lowest BCUT2D eigenvalue weighted by Gasteiger charge is -2.19. The van der Waals surface area contributed by atoms with E-state index < -0.39 is 33.8 Å². The van der Waals surface area contributed by atoms with E-state index in [1.54, 1.807) is 0 Å². The monoisotopic (exact) mass is 436 g/mol. The third-order valence-corrected chi connectivity index (χ3v) is 6.06. The van der Waals surface area contributed by atoms with Crippen molar-refractivity contribution in [2.24, 2.45) is 0 Å². The van der Waals surface area contributed by atoms with E-state index in [-0.39, 0.29) is 21.2 Å². The number of aliphatic hydroxyl groups is 1. The molecule has 6 nitrogen and oxygen atoms in total. The second kappa shape index (κ2) is 8.08. The molecule has 11 heteroatoms. The quantitative estimate of drug-likeness (QED) is 0.751. The van der Waals surface area contributed by atoms with Crippen molar-refractivity contribution >= 4 is 33.2 Å². The van der Waals surface area contributed by atoms with Crippen molar-refractivity contribution in [3.05, 3.63) is 58.6 Å². The predicted molar refractivity (Wildman–Crippen MR) is 97.7 cm³/mol. The smallest absolute Gasteiger partial charge is 0.379 e. The standard InChI is InChI=1S/C17H16ClF3N2O4S/c1-23(2)28(26,27)14-9-10(7-8-12(14)18)16(25)22-13-6-4-3-5-11(13)15(24)17(19,20)21/h3-9,15,24H,1-2H3,(H,22,25)/t15-/m0/s1. The average molecular weight is 437 g/mol. The fraction of sp³-hybridized carbons (Fsp3) is 0.235. The fourth-order valence-corrected chi connectivity index (χ4v) is 3.65. The molecule has 2 aromatic carbocycles. The highest BCUT2D eigenvalue weighted by Gasteiger charge is 2.40. The van der Waals surface area contributed by atoms with Gasteiger partial charge in [0.1, 0.15) is 4.90 Å². The number of nitrogens with zero attached hydrogens (tertiary/aromatic N) is 1. The van der Waals surface area contributed by atoms with Crippen LogP contribution in [0.2, 0.25) is 5.02 Å². The molecule has 0 radical (unpaired) electrons. The average Bonchev–Trinajstić information content (AvgIpc) is 2.60. The molecule has 0 heterocycles. The lowest BCUT2D eigenvalue weighted by molar-refractivity contribution is -0.206. The number of hydrogen-bond acceptors (Lipinski definition) is 4. The highest BCUT2D eigenvalue weighted by molar-refractivity contribution is 7.89. The Morgan fingerprint density at radius 1 is 1.18 bits per heavy atom. The minimum absolute atomic E-state index is 0.113. The molecule has 0 aliphatic rings. The third-order valence-electron chi connectivity index (χ3n) is 3.77. The molecule has 0 fully saturated rings. The minimum atomic E-state index is -4.92. The normalized spacial score (nSPS) is 13.4. The fourth-order valence-electron chi connectivity index (χ4n) is 2.26. The van der Waals surface area contributed by atoms with Gasteiger partial charge in [-0.3, -0.25) is 4.79 Å². The molecule has 2 aromatic rings. The molecule has 152 valence electrons. The van der Waals surface area contributed by atoms with Gasteiger partial charge in [-0.2, -0.15) is 13.2 Å². The van der Waals surface area contributed by atoms with E-state index in [0.717, 1.165) is 16.4 Å². The molecule has 28 heavy (non-hydrogen) atoms. The summed E-state index contributed by atoms with van der Waals surface area (Å²) in [6.07, 6.45) is -7.72. The van der Waals surface area contributed by atoms with Crippen molar-refractivity contribution in [2.45, 2.75) is 17.2 Å². The Morgan fingerprint density at radius 3 is 2.36 bits per heavy atom. The summed E-state index contributed by atoms with van der Waals surface area (Å²) in [6.45, 7) is 0. The molecule has 0 aliphatic carbocycles. The van der Waals surface area contributed by atoms with E-state index in [9.17, 15) is 31.5 Å². The van der Waals surface area contributed by atoms with Crippen molar-refractivity contribution in [1.29, 1.82) is 0 Å². The van der Waals surface area contributed by atoms with Gasteiger partial charge < -0.3 is 10.4 Å². The summed E-state index contributed by atoms with van der Waals surface area (Å²) >= 11 is 5.91. The van der Waals surface area contributed by atoms with Gasteiger partial charge in [-0.15, -0.1) is 0 Å². The zero-order valence-corrected chi connectivity index (χ0v) is 16.2. The van der Waals surface area contributed by atoms with Gasteiger partial charge >= 0.3 is 6.18 Å². The number of carbonyl (C=O) groups excluding carboxylic acids is 1. The first-order valence-corrected chi connectivity index (χ1v) is 9.54. The molecule has 1 amide bonds. The van der Waals surface area contributed by atoms with Crippen molar-refractivity contribution < 1.29 is 31.5 Å². The van der Waals surface area contributed by atoms with Crippen LogP contribution in [-0.2, 0) is 10.0 Å². The summed E-state index contributed by atoms with van der Waals surface area (Å²) in [5.74, 6) is -0.867. The molecule has 2 rings (SSSR count). The molecule has 1 atom stereocenters. The summed E-state index contributed by atoms with van der Waals surface area (Å²) in [4.78, 5) is 12.1. The number of carbonyl (C=O) groups is 1. The first-order chi connectivity index (χ1) is 12.9. The van der Waals surface area contributed by atoms with Crippen LogP contribution in [0.4, 0.5) is 18.9 Å². The number of benzene rings is 2. The van der Waals surface area contributed by atoms with Crippen LogP contribution >= 0.6 is 11.6 Å². The lowest BCUT2D eigenvalue weighted by Crippen LogP contribution is -2.24. The number of hydrogen-bond donors (Lipinski definition) is 2. The van der Waals surface area contributed by atoms with E-state index >= 15 is 0 Å². The topological polar surface area (TPSA) is 86.7 Å². The molecule has 0 saturated heterocycles. The zero-order chi connectivity index (χ0) is 21.3. The van der Waals surface area contributed by atoms with Crippen molar-refractivity contribution in [1.82, 2.24) is 4.31 Å². The van der Waals surface area contributed by atoms with Gasteiger partial charge in [0.25, 0.3) is 5.91 Å². The Hall–Kier alpha value is -2.14. The van der Waals surface area contributed by atoms with Crippen LogP contribution < -0.4 is 5.32 Å². The van der Waals surface area contributed by atoms with Crippen LogP contribution in [0.25, 0.3) is 0 Å². The number of anilines is 1. The van der Waals surface area contributed by atoms with Crippen LogP contribution in [0.3, 0.4) is 0 Å². The highest BCUT2D eigenvalue weighted by Crippen LogP contribution is 2.36. The highest BCUT2D eigenvalue weighted by atomic mass is 35.5. The van der Waals surface area contributed by atoms with Gasteiger partial charge in [0.15, 0.2) is 6.10 Å². The van der Waals surface area contributed by atoms with E-state index in [2.05, 4.69) is 5.32 Å². The summed E-state index contributed by atoms with van der Waals surface area (Å²) in [5.41, 5.74) is -0.941. The Balaban J connectivity index is 2.41. The number of amides is 1. The Bertz CT molecular complexity index is 994. The molecule has 0 aromatic heterocycles. The predicted octanol–water partition coefficient (Wildman–Crippen LogP) is 3.44. The lowest BCUT2D eigenvalue weighted by atomic mass is 10.1. The number of para-hydroxylation sites is 1. The number of aliphatic hydroxyl groups excluding tert-OH is 1. The molecule has 0 saturated carbocycles. The molecule has 2 N–H and O–H groups in total. The Morgan fingerprint density at radius 2 is 1.79 bits per heavy atom. The summed E-state index contributed by atoms with van der Waals surface area (Å²) in [7, 11) is -1.37. The van der Waals surface area contributed by atoms with Crippen LogP contribution in [-0.4, -0.2) is 44.0 Å². The van der Waals surface area contributed by atoms with Gasteiger partial charge in [0.05, 0.1) is 5.02 Å². The number of alkyl halides is 3. The van der Waals surface area contributed by atoms with Crippen LogP contribution in [0.15, 0.2) is 47.4 Å². The molecule has 0 unspecified atom stereocenters. The number of nitrogens with one attached hydrogen (secondary N) is 1. The largest absolute Gasteiger partial charge is 0.418 e. The Kier molecular flexibility index (Phi) is 6.39. The second-order valence-electron chi connectivity index (χ2n) is 5.92. The SMILES string of the molecule is CN(C)S(=O)(=O)c1cc(C(=O)Nc2ccccc2[C@H](O)C(F)(F)F)ccc1Cl. The van der Waals surface area contributed by atoms with Crippen LogP contribution in [0, 0.1) is 0 Å². The maximum atomic E-state index is 12.8. The maximum Gasteiger partial charge on any atom is 0.418 e. The molecule has 0 aliphatic heterocycles. The van der Waals surface area contributed by atoms with Gasteiger partial charge in [0, 0.05) is 30.9 Å². The zero-order valence-electron chi connectivity index (χ0n) is 14.7. The van der Waals surface area contributed by atoms with E-state index in [1.165, 1.54) is 44.4 Å². The van der Waals surface area contributed by atoms with E-state index in [1.807, 2.05) is 0 Å².